The van der Waals surface area contributed by atoms with Crippen LogP contribution in [0.15, 0.2) is 36.4 Å². The maximum Gasteiger partial charge on any atom is 0.251 e. The van der Waals surface area contributed by atoms with E-state index in [2.05, 4.69) is 19.2 Å². The van der Waals surface area contributed by atoms with E-state index < -0.39 is 10.0 Å². The molecule has 2 rings (SSSR count). The minimum Gasteiger partial charge on any atom is -0.352 e. The van der Waals surface area contributed by atoms with Gasteiger partial charge >= 0.3 is 0 Å². The van der Waals surface area contributed by atoms with Gasteiger partial charge < -0.3 is 5.32 Å². The number of benzene rings is 2. The van der Waals surface area contributed by atoms with Crippen molar-refractivity contribution in [3.63, 3.8) is 0 Å². The molecule has 32 heavy (non-hydrogen) atoms. The van der Waals surface area contributed by atoms with Crippen LogP contribution in [-0.2, 0) is 16.6 Å². The molecule has 1 unspecified atom stereocenters. The van der Waals surface area contributed by atoms with E-state index in [0.717, 1.165) is 47.2 Å². The largest absolute Gasteiger partial charge is 0.352 e. The quantitative estimate of drug-likeness (QED) is 0.482. The van der Waals surface area contributed by atoms with Crippen LogP contribution in [0.25, 0.3) is 0 Å². The van der Waals surface area contributed by atoms with Gasteiger partial charge in [0.15, 0.2) is 0 Å². The summed E-state index contributed by atoms with van der Waals surface area (Å²) in [6.07, 6.45) is 5.76. The standard InChI is InChI=1S/C26H38N2O3S/c1-7-9-10-22(8-2)17-27-26(29)24-13-11-23(12-14-24)18-28(32(6,30)31)25-20(4)15-19(3)16-21(25)5/h11-16,22H,7-10,17-18H2,1-6H3,(H,27,29). The fourth-order valence-corrected chi connectivity index (χ4v) is 5.14. The Labute approximate surface area is 194 Å². The zero-order valence-electron chi connectivity index (χ0n) is 20.4. The molecule has 1 N–H and O–H groups in total. The smallest absolute Gasteiger partial charge is 0.251 e. The third-order valence-corrected chi connectivity index (χ3v) is 7.03. The number of nitrogens with zero attached hydrogens (tertiary/aromatic N) is 1. The number of aryl methyl sites for hydroxylation is 3. The highest BCUT2D eigenvalue weighted by molar-refractivity contribution is 7.92. The Morgan fingerprint density at radius 1 is 1.03 bits per heavy atom. The van der Waals surface area contributed by atoms with E-state index >= 15 is 0 Å². The second-order valence-electron chi connectivity index (χ2n) is 8.84. The molecule has 0 aromatic heterocycles. The van der Waals surface area contributed by atoms with Crippen molar-refractivity contribution >= 4 is 21.6 Å². The fourth-order valence-electron chi connectivity index (χ4n) is 4.14. The van der Waals surface area contributed by atoms with Crippen molar-refractivity contribution in [2.45, 2.75) is 66.8 Å². The number of unbranched alkanes of at least 4 members (excludes halogenated alkanes) is 1. The average Bonchev–Trinajstić information content (AvgIpc) is 2.72. The summed E-state index contributed by atoms with van der Waals surface area (Å²) in [5.41, 5.74) is 5.11. The lowest BCUT2D eigenvalue weighted by atomic mass is 9.99. The van der Waals surface area contributed by atoms with Crippen molar-refractivity contribution in [1.82, 2.24) is 5.32 Å². The van der Waals surface area contributed by atoms with Gasteiger partial charge in [0.05, 0.1) is 18.5 Å². The van der Waals surface area contributed by atoms with Crippen LogP contribution in [-0.4, -0.2) is 27.1 Å². The molecule has 2 aromatic rings. The molecule has 5 nitrogen and oxygen atoms in total. The molecule has 0 fully saturated rings. The predicted octanol–water partition coefficient (Wildman–Crippen LogP) is 5.52. The van der Waals surface area contributed by atoms with Crippen LogP contribution in [0.2, 0.25) is 0 Å². The summed E-state index contributed by atoms with van der Waals surface area (Å²) in [6.45, 7) is 11.1. The van der Waals surface area contributed by atoms with Gasteiger partial charge in [-0.25, -0.2) is 8.42 Å². The van der Waals surface area contributed by atoms with Gasteiger partial charge in [-0.3, -0.25) is 9.10 Å². The molecule has 0 spiro atoms. The van der Waals surface area contributed by atoms with Crippen molar-refractivity contribution in [1.29, 1.82) is 0 Å². The molecule has 0 bridgehead atoms. The molecule has 1 amide bonds. The van der Waals surface area contributed by atoms with Crippen LogP contribution < -0.4 is 9.62 Å². The van der Waals surface area contributed by atoms with Gasteiger partial charge in [-0.2, -0.15) is 0 Å². The van der Waals surface area contributed by atoms with Crippen molar-refractivity contribution < 1.29 is 13.2 Å². The SMILES string of the molecule is CCCCC(CC)CNC(=O)c1ccc(CN(c2c(C)cc(C)cc2C)S(C)(=O)=O)cc1. The topological polar surface area (TPSA) is 66.5 Å². The van der Waals surface area contributed by atoms with Crippen LogP contribution in [0.4, 0.5) is 5.69 Å². The Hall–Kier alpha value is -2.34. The normalized spacial score (nSPS) is 12.4. The lowest BCUT2D eigenvalue weighted by molar-refractivity contribution is 0.0946. The van der Waals surface area contributed by atoms with Crippen LogP contribution in [0.1, 0.15) is 72.1 Å². The Bertz CT molecular complexity index is 991. The Morgan fingerprint density at radius 2 is 1.62 bits per heavy atom. The molecule has 0 saturated heterocycles. The second kappa shape index (κ2) is 11.5. The third-order valence-electron chi connectivity index (χ3n) is 5.92. The summed E-state index contributed by atoms with van der Waals surface area (Å²) in [5, 5.41) is 3.04. The number of carbonyl (C=O) groups excluding carboxylic acids is 1. The first-order valence-electron chi connectivity index (χ1n) is 11.5. The van der Waals surface area contributed by atoms with Crippen LogP contribution in [0.5, 0.6) is 0 Å². The summed E-state index contributed by atoms with van der Waals surface area (Å²) in [7, 11) is -3.48. The lowest BCUT2D eigenvalue weighted by Crippen LogP contribution is -2.31. The first-order valence-corrected chi connectivity index (χ1v) is 13.3. The van der Waals surface area contributed by atoms with Crippen molar-refractivity contribution in [2.24, 2.45) is 5.92 Å². The highest BCUT2D eigenvalue weighted by Crippen LogP contribution is 2.29. The van der Waals surface area contributed by atoms with Crippen molar-refractivity contribution in [3.05, 3.63) is 64.2 Å². The predicted molar refractivity (Wildman–Crippen MR) is 134 cm³/mol. The maximum absolute atomic E-state index is 12.6. The Morgan fingerprint density at radius 3 is 2.12 bits per heavy atom. The molecule has 1 atom stereocenters. The summed E-state index contributed by atoms with van der Waals surface area (Å²) >= 11 is 0. The first kappa shape index (κ1) is 25.9. The van der Waals surface area contributed by atoms with Crippen LogP contribution in [0, 0.1) is 26.7 Å². The molecule has 6 heteroatoms. The van der Waals surface area contributed by atoms with E-state index in [1.807, 2.05) is 45.0 Å². The lowest BCUT2D eigenvalue weighted by Gasteiger charge is -2.26. The van der Waals surface area contributed by atoms with E-state index in [9.17, 15) is 13.2 Å². The average molecular weight is 459 g/mol. The first-order chi connectivity index (χ1) is 15.1. The number of nitrogens with one attached hydrogen (secondary N) is 1. The molecule has 0 aliphatic rings. The van der Waals surface area contributed by atoms with E-state index in [4.69, 9.17) is 0 Å². The number of carbonyl (C=O) groups is 1. The molecule has 0 aliphatic heterocycles. The maximum atomic E-state index is 12.6. The molecule has 2 aromatic carbocycles. The molecular formula is C26H38N2O3S. The third kappa shape index (κ3) is 7.09. The van der Waals surface area contributed by atoms with Gasteiger partial charge in [-0.05, 0) is 61.9 Å². The number of hydrogen-bond donors (Lipinski definition) is 1. The second-order valence-corrected chi connectivity index (χ2v) is 10.7. The summed E-state index contributed by atoms with van der Waals surface area (Å²) in [5.74, 6) is 0.416. The molecule has 0 radical (unpaired) electrons. The van der Waals surface area contributed by atoms with Gasteiger partial charge in [-0.15, -0.1) is 0 Å². The monoisotopic (exact) mass is 458 g/mol. The fraction of sp³-hybridized carbons (Fsp3) is 0.500. The van der Waals surface area contributed by atoms with E-state index in [0.29, 0.717) is 18.0 Å². The molecular weight excluding hydrogens is 420 g/mol. The highest BCUT2D eigenvalue weighted by Gasteiger charge is 2.22. The van der Waals surface area contributed by atoms with Crippen LogP contribution >= 0.6 is 0 Å². The highest BCUT2D eigenvalue weighted by atomic mass is 32.2. The van der Waals surface area contributed by atoms with Gasteiger partial charge in [0, 0.05) is 12.1 Å². The number of rotatable bonds is 11. The number of hydrogen-bond acceptors (Lipinski definition) is 3. The van der Waals surface area contributed by atoms with E-state index in [-0.39, 0.29) is 12.5 Å². The number of anilines is 1. The minimum atomic E-state index is -3.48. The van der Waals surface area contributed by atoms with Crippen LogP contribution in [0.3, 0.4) is 0 Å². The van der Waals surface area contributed by atoms with Gasteiger partial charge in [-0.1, -0.05) is 62.9 Å². The zero-order valence-corrected chi connectivity index (χ0v) is 21.2. The van der Waals surface area contributed by atoms with Crippen molar-refractivity contribution in [2.75, 3.05) is 17.1 Å². The molecule has 176 valence electrons. The minimum absolute atomic E-state index is 0.0864. The Kier molecular flexibility index (Phi) is 9.32. The zero-order chi connectivity index (χ0) is 23.9. The van der Waals surface area contributed by atoms with E-state index in [1.165, 1.54) is 17.0 Å². The molecule has 0 saturated carbocycles. The summed E-state index contributed by atoms with van der Waals surface area (Å²) < 4.78 is 26.7. The Balaban J connectivity index is 2.15. The summed E-state index contributed by atoms with van der Waals surface area (Å²) in [4.78, 5) is 12.6. The van der Waals surface area contributed by atoms with Gasteiger partial charge in [0.2, 0.25) is 10.0 Å². The summed E-state index contributed by atoms with van der Waals surface area (Å²) in [6, 6.07) is 11.2. The van der Waals surface area contributed by atoms with Gasteiger partial charge in [0.1, 0.15) is 0 Å². The van der Waals surface area contributed by atoms with E-state index in [1.54, 1.807) is 12.1 Å². The van der Waals surface area contributed by atoms with Gasteiger partial charge in [0.25, 0.3) is 5.91 Å². The number of amides is 1. The van der Waals surface area contributed by atoms with Crippen molar-refractivity contribution in [3.8, 4) is 0 Å². The number of sulfonamides is 1. The molecule has 0 heterocycles. The molecule has 0 aliphatic carbocycles.